The summed E-state index contributed by atoms with van der Waals surface area (Å²) >= 11 is 9.88. The molecule has 0 spiro atoms. The van der Waals surface area contributed by atoms with E-state index in [1.807, 2.05) is 23.9 Å². The van der Waals surface area contributed by atoms with Gasteiger partial charge in [0.1, 0.15) is 11.9 Å². The number of thioether (sulfide) groups is 1. The maximum atomic E-state index is 10.8. The highest BCUT2D eigenvalue weighted by molar-refractivity contribution is 7.98. The Kier molecular flexibility index (Phi) is 3.66. The Morgan fingerprint density at radius 2 is 2.10 bits per heavy atom. The Labute approximate surface area is 137 Å². The Balaban J connectivity index is 1.75. The first kappa shape index (κ1) is 13.9. The molecule has 4 rings (SSSR count). The lowest BCUT2D eigenvalue weighted by molar-refractivity contribution is 0.217. The summed E-state index contributed by atoms with van der Waals surface area (Å²) in [6, 6.07) is 5.93. The zero-order valence-electron chi connectivity index (χ0n) is 11.4. The van der Waals surface area contributed by atoms with Crippen LogP contribution in [0.3, 0.4) is 0 Å². The molecule has 21 heavy (non-hydrogen) atoms. The molecule has 0 fully saturated rings. The van der Waals surface area contributed by atoms with Gasteiger partial charge >= 0.3 is 0 Å². The molecule has 2 aliphatic rings. The third kappa shape index (κ3) is 2.48. The van der Waals surface area contributed by atoms with Gasteiger partial charge in [0, 0.05) is 32.5 Å². The molecule has 1 aromatic heterocycles. The third-order valence-corrected chi connectivity index (χ3v) is 6.50. The molecule has 1 atom stereocenters. The van der Waals surface area contributed by atoms with Crippen LogP contribution in [0.1, 0.15) is 32.5 Å². The van der Waals surface area contributed by atoms with E-state index in [-0.39, 0.29) is 0 Å². The monoisotopic (exact) mass is 338 g/mol. The van der Waals surface area contributed by atoms with Gasteiger partial charge in [-0.3, -0.25) is 0 Å². The Morgan fingerprint density at radius 3 is 2.95 bits per heavy atom. The number of aliphatic hydroxyl groups is 1. The molecule has 0 radical (unpaired) electrons. The van der Waals surface area contributed by atoms with E-state index in [4.69, 9.17) is 16.3 Å². The van der Waals surface area contributed by atoms with Crippen LogP contribution in [0, 0.1) is 0 Å². The normalized spacial score (nSPS) is 18.0. The Hall–Kier alpha value is -0.680. The van der Waals surface area contributed by atoms with Crippen molar-refractivity contribution in [3.05, 3.63) is 49.7 Å². The molecule has 2 aliphatic heterocycles. The van der Waals surface area contributed by atoms with Crippen LogP contribution in [0.4, 0.5) is 0 Å². The lowest BCUT2D eigenvalue weighted by Crippen LogP contribution is -2.00. The zero-order chi connectivity index (χ0) is 14.4. The van der Waals surface area contributed by atoms with E-state index < -0.39 is 6.10 Å². The van der Waals surface area contributed by atoms with Crippen molar-refractivity contribution in [2.75, 3.05) is 12.4 Å². The fourth-order valence-electron chi connectivity index (χ4n) is 2.96. The number of benzene rings is 1. The number of fused-ring (bicyclic) bond motifs is 2. The van der Waals surface area contributed by atoms with Crippen molar-refractivity contribution in [1.29, 1.82) is 0 Å². The summed E-state index contributed by atoms with van der Waals surface area (Å²) in [6.45, 7) is 0.674. The molecule has 1 unspecified atom stereocenters. The standard InChI is InChI=1S/C16H15ClO2S2/c17-11-5-9-1-3-19-16(9)12(7-11)15(18)14-6-10-8-20-4-2-13(10)21-14/h5-7,15,18H,1-4,8H2. The van der Waals surface area contributed by atoms with Gasteiger partial charge in [0.05, 0.1) is 6.61 Å². The SMILES string of the molecule is OC(c1cc2c(s1)CCSC2)c1cc(Cl)cc2c1OCC2. The number of hydrogen-bond acceptors (Lipinski definition) is 4. The van der Waals surface area contributed by atoms with E-state index in [2.05, 4.69) is 6.07 Å². The number of rotatable bonds is 2. The van der Waals surface area contributed by atoms with E-state index in [1.54, 1.807) is 11.3 Å². The topological polar surface area (TPSA) is 29.5 Å². The maximum absolute atomic E-state index is 10.8. The number of aryl methyl sites for hydroxylation is 1. The molecule has 2 nitrogen and oxygen atoms in total. The summed E-state index contributed by atoms with van der Waals surface area (Å²) in [4.78, 5) is 2.42. The van der Waals surface area contributed by atoms with Crippen molar-refractivity contribution in [1.82, 2.24) is 0 Å². The summed E-state index contributed by atoms with van der Waals surface area (Å²) in [7, 11) is 0. The summed E-state index contributed by atoms with van der Waals surface area (Å²) in [5, 5.41) is 11.5. The average molecular weight is 339 g/mol. The van der Waals surface area contributed by atoms with Gasteiger partial charge in [-0.1, -0.05) is 11.6 Å². The Bertz CT molecular complexity index is 672. The van der Waals surface area contributed by atoms with Crippen LogP contribution in [0.2, 0.25) is 5.02 Å². The van der Waals surface area contributed by atoms with Gasteiger partial charge in [0.2, 0.25) is 0 Å². The van der Waals surface area contributed by atoms with E-state index in [0.29, 0.717) is 11.6 Å². The number of thiophene rings is 1. The molecule has 2 aromatic rings. The highest BCUT2D eigenvalue weighted by Gasteiger charge is 2.25. The molecule has 1 N–H and O–H groups in total. The van der Waals surface area contributed by atoms with Gasteiger partial charge in [0.25, 0.3) is 0 Å². The van der Waals surface area contributed by atoms with Crippen molar-refractivity contribution >= 4 is 34.7 Å². The fraction of sp³-hybridized carbons (Fsp3) is 0.375. The average Bonchev–Trinajstić information content (AvgIpc) is 3.11. The maximum Gasteiger partial charge on any atom is 0.128 e. The number of halogens is 1. The highest BCUT2D eigenvalue weighted by Crippen LogP contribution is 2.42. The van der Waals surface area contributed by atoms with Crippen LogP contribution in [0.25, 0.3) is 0 Å². The summed E-state index contributed by atoms with van der Waals surface area (Å²) in [5.41, 5.74) is 3.29. The van der Waals surface area contributed by atoms with E-state index in [9.17, 15) is 5.11 Å². The van der Waals surface area contributed by atoms with Crippen molar-refractivity contribution in [2.24, 2.45) is 0 Å². The minimum absolute atomic E-state index is 0.642. The van der Waals surface area contributed by atoms with Crippen molar-refractivity contribution in [3.8, 4) is 5.75 Å². The molecule has 0 saturated carbocycles. The van der Waals surface area contributed by atoms with Crippen LogP contribution in [-0.2, 0) is 18.6 Å². The van der Waals surface area contributed by atoms with E-state index in [0.717, 1.165) is 40.3 Å². The first-order valence-corrected chi connectivity index (χ1v) is 9.39. The minimum Gasteiger partial charge on any atom is -0.493 e. The second-order valence-electron chi connectivity index (χ2n) is 5.38. The first-order chi connectivity index (χ1) is 10.2. The smallest absolute Gasteiger partial charge is 0.128 e. The summed E-state index contributed by atoms with van der Waals surface area (Å²) in [6.07, 6.45) is 1.34. The van der Waals surface area contributed by atoms with Crippen molar-refractivity contribution < 1.29 is 9.84 Å². The first-order valence-electron chi connectivity index (χ1n) is 7.05. The molecule has 0 saturated heterocycles. The van der Waals surface area contributed by atoms with Crippen LogP contribution in [-0.4, -0.2) is 17.5 Å². The summed E-state index contributed by atoms with van der Waals surface area (Å²) in [5.74, 6) is 3.06. The zero-order valence-corrected chi connectivity index (χ0v) is 13.8. The summed E-state index contributed by atoms with van der Waals surface area (Å²) < 4.78 is 5.71. The lowest BCUT2D eigenvalue weighted by Gasteiger charge is -2.14. The quantitative estimate of drug-likeness (QED) is 0.889. The molecule has 0 bridgehead atoms. The predicted octanol–water partition coefficient (Wildman–Crippen LogP) is 4.21. The van der Waals surface area contributed by atoms with Crippen molar-refractivity contribution in [2.45, 2.75) is 24.7 Å². The second-order valence-corrected chi connectivity index (χ2v) is 8.09. The lowest BCUT2D eigenvalue weighted by atomic mass is 10.0. The largest absolute Gasteiger partial charge is 0.493 e. The molecule has 1 aromatic carbocycles. The molecular weight excluding hydrogens is 324 g/mol. The van der Waals surface area contributed by atoms with Crippen LogP contribution in [0.15, 0.2) is 18.2 Å². The number of aliphatic hydroxyl groups excluding tert-OH is 1. The van der Waals surface area contributed by atoms with Crippen molar-refractivity contribution in [3.63, 3.8) is 0 Å². The number of ether oxygens (including phenoxy) is 1. The minimum atomic E-state index is -0.642. The highest BCUT2D eigenvalue weighted by atomic mass is 35.5. The van der Waals surface area contributed by atoms with Crippen LogP contribution < -0.4 is 4.74 Å². The van der Waals surface area contributed by atoms with Crippen LogP contribution in [0.5, 0.6) is 5.75 Å². The molecule has 5 heteroatoms. The fourth-order valence-corrected chi connectivity index (χ4v) is 5.59. The van der Waals surface area contributed by atoms with Crippen LogP contribution >= 0.6 is 34.7 Å². The predicted molar refractivity (Wildman–Crippen MR) is 88.9 cm³/mol. The van der Waals surface area contributed by atoms with Gasteiger partial charge in [-0.15, -0.1) is 11.3 Å². The molecule has 110 valence electrons. The third-order valence-electron chi connectivity index (χ3n) is 3.99. The van der Waals surface area contributed by atoms with Gasteiger partial charge in [0.15, 0.2) is 0 Å². The van der Waals surface area contributed by atoms with Gasteiger partial charge in [-0.25, -0.2) is 0 Å². The molecule has 3 heterocycles. The Morgan fingerprint density at radius 1 is 1.19 bits per heavy atom. The molecule has 0 aliphatic carbocycles. The second kappa shape index (κ2) is 5.51. The molecular formula is C16H15ClO2S2. The van der Waals surface area contributed by atoms with E-state index in [1.165, 1.54) is 16.2 Å². The molecule has 0 amide bonds. The van der Waals surface area contributed by atoms with Gasteiger partial charge in [-0.05, 0) is 41.5 Å². The number of hydrogen-bond donors (Lipinski definition) is 1. The van der Waals surface area contributed by atoms with Gasteiger partial charge in [-0.2, -0.15) is 11.8 Å². The van der Waals surface area contributed by atoms with Gasteiger partial charge < -0.3 is 9.84 Å². The van der Waals surface area contributed by atoms with E-state index >= 15 is 0 Å².